The first-order valence-corrected chi connectivity index (χ1v) is 7.27. The minimum atomic E-state index is -3.69. The minimum Gasteiger partial charge on any atom is -0.402 e. The highest BCUT2D eigenvalue weighted by molar-refractivity contribution is 7.48. The Kier molecular flexibility index (Phi) is 6.07. The molecular formula is C9H10Cl3O4P. The second-order valence-electron chi connectivity index (χ2n) is 2.82. The van der Waals surface area contributed by atoms with Gasteiger partial charge >= 0.3 is 7.82 Å². The number of phosphoric acid groups is 1. The summed E-state index contributed by atoms with van der Waals surface area (Å²) in [7, 11) is -2.49. The van der Waals surface area contributed by atoms with E-state index in [1.807, 2.05) is 0 Å². The molecule has 8 heteroatoms. The van der Waals surface area contributed by atoms with Crippen LogP contribution in [0.15, 0.2) is 18.2 Å². The third-order valence-electron chi connectivity index (χ3n) is 1.65. The summed E-state index contributed by atoms with van der Waals surface area (Å²) in [5, 5.41) is 0.653. The highest BCUT2D eigenvalue weighted by Gasteiger charge is 2.27. The third-order valence-corrected chi connectivity index (χ3v) is 3.71. The maximum Gasteiger partial charge on any atom is 0.529 e. The van der Waals surface area contributed by atoms with Crippen LogP contribution in [0.2, 0.25) is 10.0 Å². The molecule has 0 bridgehead atoms. The first-order valence-electron chi connectivity index (χ1n) is 4.51. The van der Waals surface area contributed by atoms with Gasteiger partial charge in [0.2, 0.25) is 0 Å². The first-order chi connectivity index (χ1) is 8.00. The van der Waals surface area contributed by atoms with Crippen LogP contribution in [0.4, 0.5) is 0 Å². The van der Waals surface area contributed by atoms with Gasteiger partial charge in [-0.3, -0.25) is 9.05 Å². The van der Waals surface area contributed by atoms with E-state index >= 15 is 0 Å². The summed E-state index contributed by atoms with van der Waals surface area (Å²) in [5.74, 6) is 0.334. The molecule has 0 radical (unpaired) electrons. The summed E-state index contributed by atoms with van der Waals surface area (Å²) in [4.78, 5) is 0. The molecule has 0 aliphatic heterocycles. The number of benzene rings is 1. The molecule has 0 aliphatic carbocycles. The average Bonchev–Trinajstić information content (AvgIpc) is 2.30. The van der Waals surface area contributed by atoms with E-state index in [1.165, 1.54) is 19.2 Å². The standard InChI is InChI=1S/C9H10Cl3O4P/c1-14-17(13,15-5-4-10)16-9-3-2-7(11)6-8(9)12/h2-3,6H,4-5H2,1H3. The van der Waals surface area contributed by atoms with Gasteiger partial charge in [-0.15, -0.1) is 11.6 Å². The monoisotopic (exact) mass is 318 g/mol. The molecule has 0 aromatic heterocycles. The number of halogens is 3. The van der Waals surface area contributed by atoms with Gasteiger partial charge in [-0.05, 0) is 18.2 Å². The predicted octanol–water partition coefficient (Wildman–Crippen LogP) is 4.38. The number of hydrogen-bond donors (Lipinski definition) is 0. The number of rotatable bonds is 6. The van der Waals surface area contributed by atoms with E-state index in [2.05, 4.69) is 4.52 Å². The van der Waals surface area contributed by atoms with Gasteiger partial charge in [-0.1, -0.05) is 23.2 Å². The van der Waals surface area contributed by atoms with Gasteiger partial charge in [0.1, 0.15) is 5.75 Å². The third kappa shape index (κ3) is 4.66. The Morgan fingerprint density at radius 2 is 2.06 bits per heavy atom. The fraction of sp³-hybridized carbons (Fsp3) is 0.333. The minimum absolute atomic E-state index is 0.0396. The second kappa shape index (κ2) is 6.83. The summed E-state index contributed by atoms with van der Waals surface area (Å²) < 4.78 is 26.6. The fourth-order valence-electron chi connectivity index (χ4n) is 0.932. The van der Waals surface area contributed by atoms with E-state index < -0.39 is 7.82 Å². The molecule has 0 fully saturated rings. The molecule has 1 atom stereocenters. The Labute approximate surface area is 114 Å². The number of alkyl halides is 1. The molecule has 0 heterocycles. The Balaban J connectivity index is 2.83. The molecule has 0 saturated carbocycles. The zero-order chi connectivity index (χ0) is 12.9. The lowest BCUT2D eigenvalue weighted by molar-refractivity contribution is 0.188. The summed E-state index contributed by atoms with van der Waals surface area (Å²) in [6.07, 6.45) is 0. The van der Waals surface area contributed by atoms with Crippen LogP contribution in [-0.4, -0.2) is 19.6 Å². The summed E-state index contributed by atoms with van der Waals surface area (Å²) in [5.41, 5.74) is 0. The van der Waals surface area contributed by atoms with Crippen molar-refractivity contribution in [2.24, 2.45) is 0 Å². The van der Waals surface area contributed by atoms with E-state index in [0.717, 1.165) is 0 Å². The SMILES string of the molecule is COP(=O)(OCCCl)Oc1ccc(Cl)cc1Cl. The van der Waals surface area contributed by atoms with Crippen LogP contribution in [0.5, 0.6) is 5.75 Å². The molecule has 0 saturated heterocycles. The van der Waals surface area contributed by atoms with Gasteiger partial charge in [0, 0.05) is 18.0 Å². The molecule has 0 aliphatic rings. The molecule has 1 unspecified atom stereocenters. The Morgan fingerprint density at radius 1 is 1.35 bits per heavy atom. The van der Waals surface area contributed by atoms with Gasteiger partial charge in [0.05, 0.1) is 11.6 Å². The second-order valence-corrected chi connectivity index (χ2v) is 5.74. The van der Waals surface area contributed by atoms with E-state index in [9.17, 15) is 4.57 Å². The molecule has 0 N–H and O–H groups in total. The topological polar surface area (TPSA) is 44.8 Å². The molecule has 1 rings (SSSR count). The van der Waals surface area contributed by atoms with Crippen molar-refractivity contribution in [3.8, 4) is 5.75 Å². The zero-order valence-corrected chi connectivity index (χ0v) is 12.0. The van der Waals surface area contributed by atoms with Crippen LogP contribution in [0, 0.1) is 0 Å². The van der Waals surface area contributed by atoms with Crippen LogP contribution in [-0.2, 0) is 13.6 Å². The molecule has 1 aromatic rings. The van der Waals surface area contributed by atoms with Gasteiger partial charge in [0.25, 0.3) is 0 Å². The van der Waals surface area contributed by atoms with Crippen molar-refractivity contribution in [3.05, 3.63) is 28.2 Å². The quantitative estimate of drug-likeness (QED) is 0.576. The Hall–Kier alpha value is 0.0400. The van der Waals surface area contributed by atoms with Crippen molar-refractivity contribution in [1.82, 2.24) is 0 Å². The van der Waals surface area contributed by atoms with Crippen molar-refractivity contribution in [2.45, 2.75) is 0 Å². The molecule has 0 amide bonds. The maximum absolute atomic E-state index is 11.9. The molecule has 96 valence electrons. The summed E-state index contributed by atoms with van der Waals surface area (Å²) in [6.45, 7) is 0.0396. The number of hydrogen-bond acceptors (Lipinski definition) is 4. The van der Waals surface area contributed by atoms with Crippen LogP contribution in [0.3, 0.4) is 0 Å². The van der Waals surface area contributed by atoms with E-state index in [4.69, 9.17) is 43.9 Å². The highest BCUT2D eigenvalue weighted by atomic mass is 35.5. The van der Waals surface area contributed by atoms with Gasteiger partial charge in [-0.2, -0.15) is 0 Å². The Bertz CT molecular complexity index is 427. The normalized spacial score (nSPS) is 14.4. The molecule has 1 aromatic carbocycles. The van der Waals surface area contributed by atoms with Crippen molar-refractivity contribution < 1.29 is 18.1 Å². The smallest absolute Gasteiger partial charge is 0.402 e. The van der Waals surface area contributed by atoms with E-state index in [1.54, 1.807) is 6.07 Å². The molecule has 4 nitrogen and oxygen atoms in total. The van der Waals surface area contributed by atoms with E-state index in [-0.39, 0.29) is 23.3 Å². The van der Waals surface area contributed by atoms with Crippen LogP contribution >= 0.6 is 42.6 Å². The molecule has 17 heavy (non-hydrogen) atoms. The zero-order valence-electron chi connectivity index (χ0n) is 8.86. The van der Waals surface area contributed by atoms with Crippen molar-refractivity contribution in [3.63, 3.8) is 0 Å². The average molecular weight is 320 g/mol. The lowest BCUT2D eigenvalue weighted by Crippen LogP contribution is -2.02. The van der Waals surface area contributed by atoms with Crippen molar-refractivity contribution >= 4 is 42.6 Å². The van der Waals surface area contributed by atoms with Crippen molar-refractivity contribution in [2.75, 3.05) is 19.6 Å². The highest BCUT2D eigenvalue weighted by Crippen LogP contribution is 2.50. The van der Waals surface area contributed by atoms with E-state index in [0.29, 0.717) is 5.02 Å². The first kappa shape index (κ1) is 15.1. The Morgan fingerprint density at radius 3 is 2.59 bits per heavy atom. The molecular weight excluding hydrogens is 309 g/mol. The fourth-order valence-corrected chi connectivity index (χ4v) is 2.57. The number of phosphoric ester groups is 1. The van der Waals surface area contributed by atoms with Crippen LogP contribution in [0.1, 0.15) is 0 Å². The van der Waals surface area contributed by atoms with Crippen molar-refractivity contribution in [1.29, 1.82) is 0 Å². The van der Waals surface area contributed by atoms with Gasteiger partial charge < -0.3 is 4.52 Å². The predicted molar refractivity (Wildman–Crippen MR) is 68.4 cm³/mol. The lowest BCUT2D eigenvalue weighted by Gasteiger charge is -2.16. The maximum atomic E-state index is 11.9. The largest absolute Gasteiger partial charge is 0.529 e. The van der Waals surface area contributed by atoms with Crippen LogP contribution in [0.25, 0.3) is 0 Å². The van der Waals surface area contributed by atoms with Crippen LogP contribution < -0.4 is 4.52 Å². The summed E-state index contributed by atoms with van der Waals surface area (Å²) >= 11 is 17.0. The summed E-state index contributed by atoms with van der Waals surface area (Å²) in [6, 6.07) is 4.48. The van der Waals surface area contributed by atoms with Gasteiger partial charge in [-0.25, -0.2) is 4.57 Å². The van der Waals surface area contributed by atoms with Gasteiger partial charge in [0.15, 0.2) is 0 Å². The lowest BCUT2D eigenvalue weighted by atomic mass is 10.3. The molecule has 0 spiro atoms.